The third-order valence-corrected chi connectivity index (χ3v) is 6.51. The number of hydrogen-bond acceptors (Lipinski definition) is 4. The summed E-state index contributed by atoms with van der Waals surface area (Å²) >= 11 is 0. The predicted molar refractivity (Wildman–Crippen MR) is 142 cm³/mol. The standard InChI is InChI=1S/C29H31N4O2/c1-5-23(13-14-31-3)33-18-22-15-21(9-11-27(22)29(33)34)20-7-6-8-24(16-20)35-25-10-12-26(19(2)30)28(17-25)32-4/h3,6-12,15-17,23,30,32H,5,13-14,18H2,1-2,4H3/q+1/t23-/m1/s1. The molecule has 0 fully saturated rings. The number of nitrogens with zero attached hydrogens (tertiary/aromatic N) is 2. The summed E-state index contributed by atoms with van der Waals surface area (Å²) in [6, 6.07) is 19.8. The zero-order valence-corrected chi connectivity index (χ0v) is 20.5. The van der Waals surface area contributed by atoms with Gasteiger partial charge in [0.2, 0.25) is 0 Å². The van der Waals surface area contributed by atoms with E-state index in [2.05, 4.69) is 23.2 Å². The topological polar surface area (TPSA) is 69.8 Å². The monoisotopic (exact) mass is 467 g/mol. The molecule has 1 amide bonds. The molecule has 2 N–H and O–H groups in total. The first-order valence-electron chi connectivity index (χ1n) is 11.9. The van der Waals surface area contributed by atoms with Crippen LogP contribution in [0.25, 0.3) is 16.0 Å². The van der Waals surface area contributed by atoms with E-state index in [1.54, 1.807) is 6.92 Å². The van der Waals surface area contributed by atoms with Crippen LogP contribution in [0.5, 0.6) is 11.5 Å². The average Bonchev–Trinajstić information content (AvgIpc) is 3.20. The Hall–Kier alpha value is -4.11. The van der Waals surface area contributed by atoms with Crippen LogP contribution < -0.4 is 10.1 Å². The van der Waals surface area contributed by atoms with Crippen molar-refractivity contribution in [3.63, 3.8) is 0 Å². The molecule has 0 unspecified atom stereocenters. The minimum absolute atomic E-state index is 0.0800. The van der Waals surface area contributed by atoms with Crippen molar-refractivity contribution >= 4 is 17.3 Å². The summed E-state index contributed by atoms with van der Waals surface area (Å²) in [7, 11) is 1.84. The van der Waals surface area contributed by atoms with Gasteiger partial charge in [0.1, 0.15) is 11.5 Å². The summed E-state index contributed by atoms with van der Waals surface area (Å²) in [6.07, 6.45) is 1.64. The number of carbonyl (C=O) groups excluding carboxylic acids is 1. The number of hydrogen-bond donors (Lipinski definition) is 2. The van der Waals surface area contributed by atoms with Crippen LogP contribution in [0.2, 0.25) is 0 Å². The lowest BCUT2D eigenvalue weighted by Gasteiger charge is -2.24. The fourth-order valence-electron chi connectivity index (χ4n) is 4.62. The van der Waals surface area contributed by atoms with E-state index in [1.807, 2.05) is 66.5 Å². The van der Waals surface area contributed by atoms with Crippen LogP contribution in [-0.2, 0) is 6.54 Å². The van der Waals surface area contributed by atoms with Crippen LogP contribution >= 0.6 is 0 Å². The Balaban J connectivity index is 1.56. The van der Waals surface area contributed by atoms with Gasteiger partial charge in [0.15, 0.2) is 0 Å². The molecule has 3 aromatic rings. The molecule has 1 atom stereocenters. The second-order valence-corrected chi connectivity index (χ2v) is 8.77. The van der Waals surface area contributed by atoms with E-state index >= 15 is 0 Å². The van der Waals surface area contributed by atoms with Gasteiger partial charge in [0.25, 0.3) is 19.0 Å². The molecule has 0 bridgehead atoms. The van der Waals surface area contributed by atoms with Gasteiger partial charge in [-0.05, 0) is 66.4 Å². The molecule has 1 heterocycles. The van der Waals surface area contributed by atoms with E-state index in [0.717, 1.165) is 52.1 Å². The second-order valence-electron chi connectivity index (χ2n) is 8.77. The normalized spacial score (nSPS) is 13.2. The van der Waals surface area contributed by atoms with E-state index in [-0.39, 0.29) is 11.9 Å². The van der Waals surface area contributed by atoms with E-state index < -0.39 is 0 Å². The molecule has 3 aromatic carbocycles. The Morgan fingerprint density at radius 1 is 1.14 bits per heavy atom. The molecule has 178 valence electrons. The fourth-order valence-corrected chi connectivity index (χ4v) is 4.62. The van der Waals surface area contributed by atoms with Crippen LogP contribution in [0.3, 0.4) is 0 Å². The number of benzene rings is 3. The minimum Gasteiger partial charge on any atom is -0.457 e. The molecule has 6 heteroatoms. The number of anilines is 1. The van der Waals surface area contributed by atoms with E-state index in [9.17, 15) is 4.79 Å². The van der Waals surface area contributed by atoms with Crippen LogP contribution in [0.4, 0.5) is 5.69 Å². The average molecular weight is 468 g/mol. The molecule has 4 rings (SSSR count). The number of carbonyl (C=O) groups is 1. The molecule has 0 aromatic heterocycles. The minimum atomic E-state index is 0.0800. The molecule has 0 saturated heterocycles. The molecule has 35 heavy (non-hydrogen) atoms. The molecule has 0 aliphatic carbocycles. The van der Waals surface area contributed by atoms with Gasteiger partial charge in [-0.2, -0.15) is 0 Å². The molecule has 0 radical (unpaired) electrons. The van der Waals surface area contributed by atoms with Crippen molar-refractivity contribution in [1.29, 1.82) is 5.41 Å². The lowest BCUT2D eigenvalue weighted by atomic mass is 10.0. The number of nitrogens with one attached hydrogen (secondary N) is 2. The van der Waals surface area contributed by atoms with Crippen molar-refractivity contribution in [3.05, 3.63) is 82.2 Å². The van der Waals surface area contributed by atoms with Gasteiger partial charge in [-0.15, -0.1) is 0 Å². The molecule has 6 nitrogen and oxygen atoms in total. The van der Waals surface area contributed by atoms with Crippen LogP contribution in [0.1, 0.15) is 48.2 Å². The first-order valence-corrected chi connectivity index (χ1v) is 11.9. The van der Waals surface area contributed by atoms with Crippen LogP contribution in [0, 0.1) is 12.0 Å². The van der Waals surface area contributed by atoms with Gasteiger partial charge in [0.05, 0.1) is 0 Å². The molecular weight excluding hydrogens is 436 g/mol. The highest BCUT2D eigenvalue weighted by Crippen LogP contribution is 2.33. The molecule has 1 aliphatic rings. The van der Waals surface area contributed by atoms with E-state index in [4.69, 9.17) is 16.7 Å². The zero-order valence-electron chi connectivity index (χ0n) is 20.5. The first kappa shape index (κ1) is 24.0. The highest BCUT2D eigenvalue weighted by Gasteiger charge is 2.32. The first-order chi connectivity index (χ1) is 16.9. The Labute approximate surface area is 206 Å². The molecular formula is C29H31N4O2+. The highest BCUT2D eigenvalue weighted by atomic mass is 16.5. The van der Waals surface area contributed by atoms with Crippen LogP contribution in [-0.4, -0.2) is 36.2 Å². The van der Waals surface area contributed by atoms with E-state index in [1.165, 1.54) is 0 Å². The number of rotatable bonds is 9. The van der Waals surface area contributed by atoms with Gasteiger partial charge in [-0.3, -0.25) is 4.79 Å². The molecule has 0 spiro atoms. The third-order valence-electron chi connectivity index (χ3n) is 6.51. The quantitative estimate of drug-likeness (QED) is 0.346. The second kappa shape index (κ2) is 10.4. The van der Waals surface area contributed by atoms with Crippen LogP contribution in [0.15, 0.2) is 60.7 Å². The number of fused-ring (bicyclic) bond motifs is 1. The smallest absolute Gasteiger partial charge is 0.265 e. The number of ether oxygens (including phenoxy) is 1. The van der Waals surface area contributed by atoms with Gasteiger partial charge in [-0.25, -0.2) is 0 Å². The summed E-state index contributed by atoms with van der Waals surface area (Å²) in [5, 5.41) is 11.1. The van der Waals surface area contributed by atoms with Gasteiger partial charge < -0.3 is 20.4 Å². The van der Waals surface area contributed by atoms with Crippen molar-refractivity contribution in [2.75, 3.05) is 18.9 Å². The van der Waals surface area contributed by atoms with E-state index in [0.29, 0.717) is 24.6 Å². The lowest BCUT2D eigenvalue weighted by molar-refractivity contribution is 0.0692. The summed E-state index contributed by atoms with van der Waals surface area (Å²) in [6.45, 7) is 10.3. The lowest BCUT2D eigenvalue weighted by Crippen LogP contribution is -2.35. The van der Waals surface area contributed by atoms with Crippen molar-refractivity contribution in [3.8, 4) is 29.2 Å². The zero-order chi connectivity index (χ0) is 24.9. The van der Waals surface area contributed by atoms with Crippen molar-refractivity contribution in [2.24, 2.45) is 0 Å². The maximum absolute atomic E-state index is 13.0. The summed E-state index contributed by atoms with van der Waals surface area (Å²) in [5.41, 5.74) is 6.06. The van der Waals surface area contributed by atoms with Crippen molar-refractivity contribution in [1.82, 2.24) is 4.90 Å². The van der Waals surface area contributed by atoms with Gasteiger partial charge in [0, 0.05) is 54.6 Å². The SMILES string of the molecule is C#[N+]CC[C@@H](CC)N1Cc2cc(-c3cccc(Oc4ccc(C(C)=N)c(NC)c4)c3)ccc2C1=O. The van der Waals surface area contributed by atoms with Gasteiger partial charge in [-0.1, -0.05) is 30.0 Å². The van der Waals surface area contributed by atoms with Crippen molar-refractivity contribution in [2.45, 2.75) is 39.3 Å². The maximum atomic E-state index is 13.0. The van der Waals surface area contributed by atoms with Gasteiger partial charge >= 0.3 is 0 Å². The third kappa shape index (κ3) is 5.04. The summed E-state index contributed by atoms with van der Waals surface area (Å²) in [5.74, 6) is 1.50. The maximum Gasteiger partial charge on any atom is 0.265 e. The fraction of sp³-hybridized carbons (Fsp3) is 0.276. The Morgan fingerprint density at radius 3 is 2.63 bits per heavy atom. The predicted octanol–water partition coefficient (Wildman–Crippen LogP) is 6.66. The summed E-state index contributed by atoms with van der Waals surface area (Å²) in [4.78, 5) is 18.7. The van der Waals surface area contributed by atoms with Crippen molar-refractivity contribution < 1.29 is 9.53 Å². The Kier molecular flexibility index (Phi) is 7.17. The molecule has 1 aliphatic heterocycles. The Bertz CT molecular complexity index is 1310. The highest BCUT2D eigenvalue weighted by molar-refractivity contribution is 6.01. The molecule has 0 saturated carbocycles. The summed E-state index contributed by atoms with van der Waals surface area (Å²) < 4.78 is 6.14. The largest absolute Gasteiger partial charge is 0.457 e. The Morgan fingerprint density at radius 2 is 1.91 bits per heavy atom. The number of amides is 1.